The quantitative estimate of drug-likeness (QED) is 0.793. The average molecular weight is 283 g/mol. The van der Waals surface area contributed by atoms with Gasteiger partial charge < -0.3 is 0 Å². The Hall–Kier alpha value is 0.130. The summed E-state index contributed by atoms with van der Waals surface area (Å²) in [4.78, 5) is 0. The Morgan fingerprint density at radius 2 is 1.92 bits per heavy atom. The lowest BCUT2D eigenvalue weighted by Gasteiger charge is -2.17. The first-order valence-corrected chi connectivity index (χ1v) is 6.89. The van der Waals surface area contributed by atoms with Crippen LogP contribution in [0, 0.1) is 0 Å². The van der Waals surface area contributed by atoms with E-state index in [0.29, 0.717) is 4.21 Å². The van der Waals surface area contributed by atoms with Crippen molar-refractivity contribution >= 4 is 37.1 Å². The van der Waals surface area contributed by atoms with Crippen molar-refractivity contribution in [2.75, 3.05) is 0 Å². The first kappa shape index (κ1) is 11.2. The summed E-state index contributed by atoms with van der Waals surface area (Å²) < 4.78 is 24.2. The third kappa shape index (κ3) is 2.14. The van der Waals surface area contributed by atoms with E-state index in [0.717, 1.165) is 4.47 Å². The van der Waals surface area contributed by atoms with Gasteiger partial charge in [0.1, 0.15) is 4.21 Å². The zero-order valence-electron chi connectivity index (χ0n) is 7.67. The van der Waals surface area contributed by atoms with Crippen LogP contribution >= 0.6 is 27.3 Å². The molecule has 5 heteroatoms. The van der Waals surface area contributed by atoms with E-state index in [1.54, 1.807) is 32.2 Å². The molecule has 2 nitrogen and oxygen atoms in total. The molecule has 0 aromatic carbocycles. The lowest BCUT2D eigenvalue weighted by atomic mass is 10.3. The van der Waals surface area contributed by atoms with Crippen molar-refractivity contribution in [3.8, 4) is 0 Å². The van der Waals surface area contributed by atoms with E-state index in [1.165, 1.54) is 11.3 Å². The monoisotopic (exact) mass is 282 g/mol. The lowest BCUT2D eigenvalue weighted by Crippen LogP contribution is -2.27. The number of hydrogen-bond acceptors (Lipinski definition) is 3. The van der Waals surface area contributed by atoms with Crippen LogP contribution in [0.5, 0.6) is 0 Å². The molecule has 13 heavy (non-hydrogen) atoms. The highest BCUT2D eigenvalue weighted by atomic mass is 79.9. The van der Waals surface area contributed by atoms with Crippen molar-refractivity contribution in [3.05, 3.63) is 15.9 Å². The van der Waals surface area contributed by atoms with E-state index >= 15 is 0 Å². The first-order chi connectivity index (χ1) is 5.75. The molecule has 0 N–H and O–H groups in total. The van der Waals surface area contributed by atoms with Crippen molar-refractivity contribution in [1.29, 1.82) is 0 Å². The van der Waals surface area contributed by atoms with Gasteiger partial charge in [0.25, 0.3) is 0 Å². The summed E-state index contributed by atoms with van der Waals surface area (Å²) in [6, 6.07) is 1.64. The molecular weight excluding hydrogens is 272 g/mol. The van der Waals surface area contributed by atoms with Gasteiger partial charge in [-0.15, -0.1) is 11.3 Å². The number of halogens is 1. The summed E-state index contributed by atoms with van der Waals surface area (Å²) in [5.41, 5.74) is 0. The van der Waals surface area contributed by atoms with Crippen LogP contribution in [0.2, 0.25) is 0 Å². The van der Waals surface area contributed by atoms with Gasteiger partial charge in [-0.05, 0) is 42.8 Å². The summed E-state index contributed by atoms with van der Waals surface area (Å²) in [5.74, 6) is 0. The maximum Gasteiger partial charge on any atom is 0.192 e. The number of thiophene rings is 1. The van der Waals surface area contributed by atoms with Gasteiger partial charge in [-0.1, -0.05) is 0 Å². The summed E-state index contributed by atoms with van der Waals surface area (Å²) in [6.07, 6.45) is 0. The van der Waals surface area contributed by atoms with Gasteiger partial charge in [0, 0.05) is 9.85 Å². The van der Waals surface area contributed by atoms with Crippen molar-refractivity contribution in [2.45, 2.75) is 29.7 Å². The molecule has 0 aliphatic rings. The highest BCUT2D eigenvalue weighted by Crippen LogP contribution is 2.31. The third-order valence-electron chi connectivity index (χ3n) is 1.61. The molecule has 1 aromatic rings. The van der Waals surface area contributed by atoms with Crippen molar-refractivity contribution < 1.29 is 8.42 Å². The second-order valence-electron chi connectivity index (χ2n) is 3.70. The zero-order valence-corrected chi connectivity index (χ0v) is 10.9. The molecule has 0 spiro atoms. The zero-order chi connectivity index (χ0) is 10.3. The minimum atomic E-state index is -3.17. The van der Waals surface area contributed by atoms with Crippen LogP contribution in [0.1, 0.15) is 20.8 Å². The fourth-order valence-electron chi connectivity index (χ4n) is 0.738. The van der Waals surface area contributed by atoms with Crippen LogP contribution in [-0.4, -0.2) is 13.2 Å². The standard InChI is InChI=1S/C8H11BrO2S2/c1-8(2,3)13(10,11)7-4-6(9)5-12-7/h4-5H,1-3H3. The number of sulfone groups is 1. The molecule has 0 radical (unpaired) electrons. The predicted molar refractivity (Wildman–Crippen MR) is 59.0 cm³/mol. The van der Waals surface area contributed by atoms with Crippen molar-refractivity contribution in [2.24, 2.45) is 0 Å². The normalized spacial score (nSPS) is 13.2. The minimum Gasteiger partial charge on any atom is -0.222 e. The molecule has 1 aromatic heterocycles. The fourth-order valence-corrected chi connectivity index (χ4v) is 4.33. The molecule has 0 saturated heterocycles. The molecule has 0 amide bonds. The second kappa shape index (κ2) is 3.37. The average Bonchev–Trinajstić information content (AvgIpc) is 2.33. The Kier molecular flexibility index (Phi) is 2.90. The summed E-state index contributed by atoms with van der Waals surface area (Å²) >= 11 is 4.49. The summed E-state index contributed by atoms with van der Waals surface area (Å²) in [5, 5.41) is 1.78. The maximum atomic E-state index is 11.9. The van der Waals surface area contributed by atoms with E-state index in [-0.39, 0.29) is 0 Å². The molecular formula is C8H11BrO2S2. The maximum absolute atomic E-state index is 11.9. The first-order valence-electron chi connectivity index (χ1n) is 3.74. The molecule has 1 heterocycles. The Bertz CT molecular complexity index is 398. The highest BCUT2D eigenvalue weighted by molar-refractivity contribution is 9.10. The van der Waals surface area contributed by atoms with Crippen LogP contribution in [0.25, 0.3) is 0 Å². The van der Waals surface area contributed by atoms with E-state index in [1.807, 2.05) is 0 Å². The molecule has 0 saturated carbocycles. The van der Waals surface area contributed by atoms with Gasteiger partial charge in [-0.3, -0.25) is 0 Å². The van der Waals surface area contributed by atoms with Crippen LogP contribution < -0.4 is 0 Å². The highest BCUT2D eigenvalue weighted by Gasteiger charge is 2.31. The van der Waals surface area contributed by atoms with Crippen molar-refractivity contribution in [1.82, 2.24) is 0 Å². The van der Waals surface area contributed by atoms with E-state index < -0.39 is 14.6 Å². The Labute approximate surface area is 91.0 Å². The van der Waals surface area contributed by atoms with Crippen LogP contribution in [-0.2, 0) is 9.84 Å². The summed E-state index contributed by atoms with van der Waals surface area (Å²) in [7, 11) is -3.17. The van der Waals surface area contributed by atoms with E-state index in [9.17, 15) is 8.42 Å². The minimum absolute atomic E-state index is 0.423. The molecule has 0 atom stereocenters. The lowest BCUT2D eigenvalue weighted by molar-refractivity contribution is 0.562. The van der Waals surface area contributed by atoms with Gasteiger partial charge in [-0.25, -0.2) is 8.42 Å². The Balaban J connectivity index is 3.24. The molecule has 0 fully saturated rings. The second-order valence-corrected chi connectivity index (χ2v) is 8.46. The smallest absolute Gasteiger partial charge is 0.192 e. The summed E-state index contributed by atoms with van der Waals surface area (Å²) in [6.45, 7) is 5.11. The van der Waals surface area contributed by atoms with Crippen LogP contribution in [0.3, 0.4) is 0 Å². The molecule has 0 unspecified atom stereocenters. The van der Waals surface area contributed by atoms with E-state index in [2.05, 4.69) is 15.9 Å². The SMILES string of the molecule is CC(C)(C)S(=O)(=O)c1cc(Br)cs1. The van der Waals surface area contributed by atoms with Crippen LogP contribution in [0.15, 0.2) is 20.1 Å². The third-order valence-corrected chi connectivity index (χ3v) is 6.30. The van der Waals surface area contributed by atoms with Gasteiger partial charge >= 0.3 is 0 Å². The Morgan fingerprint density at radius 3 is 2.23 bits per heavy atom. The number of rotatable bonds is 1. The van der Waals surface area contributed by atoms with E-state index in [4.69, 9.17) is 0 Å². The predicted octanol–water partition coefficient (Wildman–Crippen LogP) is 3.08. The molecule has 1 rings (SSSR count). The van der Waals surface area contributed by atoms with Gasteiger partial charge in [0.15, 0.2) is 9.84 Å². The molecule has 0 aliphatic carbocycles. The topological polar surface area (TPSA) is 34.1 Å². The van der Waals surface area contributed by atoms with Gasteiger partial charge in [-0.2, -0.15) is 0 Å². The van der Waals surface area contributed by atoms with Crippen molar-refractivity contribution in [3.63, 3.8) is 0 Å². The fraction of sp³-hybridized carbons (Fsp3) is 0.500. The Morgan fingerprint density at radius 1 is 1.38 bits per heavy atom. The van der Waals surface area contributed by atoms with Crippen LogP contribution in [0.4, 0.5) is 0 Å². The number of hydrogen-bond donors (Lipinski definition) is 0. The molecule has 0 bridgehead atoms. The molecule has 74 valence electrons. The molecule has 0 aliphatic heterocycles. The van der Waals surface area contributed by atoms with Gasteiger partial charge in [0.05, 0.1) is 4.75 Å². The van der Waals surface area contributed by atoms with Gasteiger partial charge in [0.2, 0.25) is 0 Å². The largest absolute Gasteiger partial charge is 0.222 e.